The predicted molar refractivity (Wildman–Crippen MR) is 75.8 cm³/mol. The monoisotopic (exact) mass is 227 g/mol. The van der Waals surface area contributed by atoms with Crippen LogP contribution in [0.2, 0.25) is 0 Å². The summed E-state index contributed by atoms with van der Waals surface area (Å²) in [5.41, 5.74) is 7.96. The zero-order valence-corrected chi connectivity index (χ0v) is 11.2. The molecule has 0 saturated carbocycles. The van der Waals surface area contributed by atoms with Gasteiger partial charge in [0.15, 0.2) is 0 Å². The maximum atomic E-state index is 2.25. The highest BCUT2D eigenvalue weighted by molar-refractivity contribution is 5.66. The first-order valence-electron chi connectivity index (χ1n) is 5.71. The molecule has 0 heterocycles. The van der Waals surface area contributed by atoms with Gasteiger partial charge < -0.3 is 6.15 Å². The largest absolute Gasteiger partial charge is 0.344 e. The van der Waals surface area contributed by atoms with Crippen molar-refractivity contribution in [3.8, 4) is 11.1 Å². The van der Waals surface area contributed by atoms with E-state index >= 15 is 0 Å². The summed E-state index contributed by atoms with van der Waals surface area (Å²) in [4.78, 5) is 0. The molecular formula is C16H21N. The molecule has 17 heavy (non-hydrogen) atoms. The van der Waals surface area contributed by atoms with Gasteiger partial charge in [0, 0.05) is 0 Å². The minimum absolute atomic E-state index is 0. The van der Waals surface area contributed by atoms with Gasteiger partial charge in [0.05, 0.1) is 0 Å². The minimum Gasteiger partial charge on any atom is -0.344 e. The second-order valence-electron chi connectivity index (χ2n) is 4.75. The van der Waals surface area contributed by atoms with Gasteiger partial charge in [-0.2, -0.15) is 0 Å². The quantitative estimate of drug-likeness (QED) is 0.749. The molecule has 0 aromatic heterocycles. The average molecular weight is 227 g/mol. The number of hydrogen-bond acceptors (Lipinski definition) is 1. The number of hydrogen-bond donors (Lipinski definition) is 1. The van der Waals surface area contributed by atoms with E-state index in [2.05, 4.69) is 64.1 Å². The lowest BCUT2D eigenvalue weighted by molar-refractivity contribution is 1.35. The van der Waals surface area contributed by atoms with E-state index in [1.807, 2.05) is 0 Å². The predicted octanol–water partition coefficient (Wildman–Crippen LogP) is 4.75. The van der Waals surface area contributed by atoms with Crippen LogP contribution in [0.1, 0.15) is 22.3 Å². The summed E-state index contributed by atoms with van der Waals surface area (Å²) >= 11 is 0. The first-order valence-corrected chi connectivity index (χ1v) is 5.71. The van der Waals surface area contributed by atoms with Gasteiger partial charge in [-0.05, 0) is 38.8 Å². The van der Waals surface area contributed by atoms with Crippen LogP contribution >= 0.6 is 0 Å². The smallest absolute Gasteiger partial charge is 0.0179 e. The fourth-order valence-electron chi connectivity index (χ4n) is 2.28. The normalized spacial score (nSPS) is 9.88. The molecule has 3 N–H and O–H groups in total. The highest BCUT2D eigenvalue weighted by atomic mass is 14.1. The molecule has 0 unspecified atom stereocenters. The van der Waals surface area contributed by atoms with Crippen molar-refractivity contribution >= 4 is 0 Å². The van der Waals surface area contributed by atoms with Crippen molar-refractivity contribution in [3.63, 3.8) is 0 Å². The van der Waals surface area contributed by atoms with Crippen LogP contribution in [0, 0.1) is 27.7 Å². The Morgan fingerprint density at radius 1 is 0.471 bits per heavy atom. The van der Waals surface area contributed by atoms with E-state index in [0.717, 1.165) is 0 Å². The van der Waals surface area contributed by atoms with Gasteiger partial charge in [-0.3, -0.25) is 0 Å². The van der Waals surface area contributed by atoms with Crippen LogP contribution in [0.4, 0.5) is 0 Å². The van der Waals surface area contributed by atoms with Gasteiger partial charge in [0.1, 0.15) is 0 Å². The van der Waals surface area contributed by atoms with E-state index in [4.69, 9.17) is 0 Å². The third-order valence-corrected chi connectivity index (χ3v) is 2.78. The Bertz CT molecular complexity index is 437. The van der Waals surface area contributed by atoms with E-state index in [0.29, 0.717) is 0 Å². The van der Waals surface area contributed by atoms with E-state index in [1.165, 1.54) is 33.4 Å². The Morgan fingerprint density at radius 3 is 0.941 bits per heavy atom. The molecule has 90 valence electrons. The fraction of sp³-hybridized carbons (Fsp3) is 0.250. The zero-order valence-electron chi connectivity index (χ0n) is 11.2. The number of aryl methyl sites for hydroxylation is 4. The maximum absolute atomic E-state index is 2.25. The number of rotatable bonds is 1. The molecule has 0 aliphatic rings. The minimum atomic E-state index is 0. The first kappa shape index (κ1) is 13.5. The topological polar surface area (TPSA) is 35.0 Å². The van der Waals surface area contributed by atoms with Crippen LogP contribution in [0.5, 0.6) is 0 Å². The lowest BCUT2D eigenvalue weighted by Crippen LogP contribution is -1.85. The van der Waals surface area contributed by atoms with E-state index < -0.39 is 0 Å². The molecule has 0 aliphatic heterocycles. The van der Waals surface area contributed by atoms with Crippen molar-refractivity contribution in [2.24, 2.45) is 0 Å². The van der Waals surface area contributed by atoms with Crippen molar-refractivity contribution in [1.82, 2.24) is 6.15 Å². The van der Waals surface area contributed by atoms with Crippen molar-refractivity contribution < 1.29 is 0 Å². The second kappa shape index (κ2) is 5.15. The van der Waals surface area contributed by atoms with Crippen molar-refractivity contribution in [3.05, 3.63) is 58.7 Å². The highest BCUT2D eigenvalue weighted by Crippen LogP contribution is 2.24. The summed E-state index contributed by atoms with van der Waals surface area (Å²) in [6.07, 6.45) is 0. The van der Waals surface area contributed by atoms with Crippen LogP contribution in [-0.2, 0) is 0 Å². The fourth-order valence-corrected chi connectivity index (χ4v) is 2.28. The maximum Gasteiger partial charge on any atom is -0.0179 e. The Kier molecular flexibility index (Phi) is 4.08. The van der Waals surface area contributed by atoms with Gasteiger partial charge in [0.25, 0.3) is 0 Å². The Hall–Kier alpha value is -1.60. The molecule has 0 aliphatic carbocycles. The molecule has 1 nitrogen and oxygen atoms in total. The summed E-state index contributed by atoms with van der Waals surface area (Å²) in [6.45, 7) is 8.61. The van der Waals surface area contributed by atoms with Crippen LogP contribution in [0.15, 0.2) is 36.4 Å². The van der Waals surface area contributed by atoms with Gasteiger partial charge >= 0.3 is 0 Å². The molecule has 0 spiro atoms. The van der Waals surface area contributed by atoms with Crippen LogP contribution < -0.4 is 6.15 Å². The average Bonchev–Trinajstić information content (AvgIpc) is 2.14. The molecule has 2 aromatic carbocycles. The molecule has 0 atom stereocenters. The van der Waals surface area contributed by atoms with Crippen LogP contribution in [0.25, 0.3) is 11.1 Å². The lowest BCUT2D eigenvalue weighted by atomic mass is 9.98. The zero-order chi connectivity index (χ0) is 11.7. The second-order valence-corrected chi connectivity index (χ2v) is 4.75. The van der Waals surface area contributed by atoms with Crippen molar-refractivity contribution in [1.29, 1.82) is 0 Å². The van der Waals surface area contributed by atoms with E-state index in [-0.39, 0.29) is 6.15 Å². The molecule has 2 rings (SSSR count). The van der Waals surface area contributed by atoms with Gasteiger partial charge in [-0.1, -0.05) is 58.7 Å². The Balaban J connectivity index is 0.00000144. The summed E-state index contributed by atoms with van der Waals surface area (Å²) < 4.78 is 0. The summed E-state index contributed by atoms with van der Waals surface area (Å²) in [5, 5.41) is 0. The van der Waals surface area contributed by atoms with Crippen molar-refractivity contribution in [2.45, 2.75) is 27.7 Å². The third-order valence-electron chi connectivity index (χ3n) is 2.78. The van der Waals surface area contributed by atoms with E-state index in [9.17, 15) is 0 Å². The Morgan fingerprint density at radius 2 is 0.706 bits per heavy atom. The summed E-state index contributed by atoms with van der Waals surface area (Å²) in [6, 6.07) is 13.4. The van der Waals surface area contributed by atoms with Crippen LogP contribution in [0.3, 0.4) is 0 Å². The van der Waals surface area contributed by atoms with Gasteiger partial charge in [-0.25, -0.2) is 0 Å². The molecule has 0 fully saturated rings. The molecule has 1 heteroatoms. The molecule has 0 amide bonds. The molecule has 2 aromatic rings. The standard InChI is InChI=1S/C16H18.H3N/c1-11-5-12(2)8-15(7-11)16-9-13(3)6-14(4)10-16;/h5-10H,1-4H3;1H3. The van der Waals surface area contributed by atoms with E-state index in [1.54, 1.807) is 0 Å². The van der Waals surface area contributed by atoms with Gasteiger partial charge in [0.2, 0.25) is 0 Å². The third kappa shape index (κ3) is 3.18. The number of benzene rings is 2. The SMILES string of the molecule is Cc1cc(C)cc(-c2cc(C)cc(C)c2)c1.N. The van der Waals surface area contributed by atoms with Crippen molar-refractivity contribution in [2.75, 3.05) is 0 Å². The lowest BCUT2D eigenvalue weighted by Gasteiger charge is -2.07. The molecular weight excluding hydrogens is 206 g/mol. The van der Waals surface area contributed by atoms with Crippen LogP contribution in [-0.4, -0.2) is 0 Å². The molecule has 0 bridgehead atoms. The summed E-state index contributed by atoms with van der Waals surface area (Å²) in [5.74, 6) is 0. The van der Waals surface area contributed by atoms with Gasteiger partial charge in [-0.15, -0.1) is 0 Å². The molecule has 0 radical (unpaired) electrons. The highest BCUT2D eigenvalue weighted by Gasteiger charge is 2.01. The first-order chi connectivity index (χ1) is 7.54. The molecule has 0 saturated heterocycles. The Labute approximate surface area is 104 Å². The summed E-state index contributed by atoms with van der Waals surface area (Å²) in [7, 11) is 0.